The van der Waals surface area contributed by atoms with Crippen LogP contribution in [0.1, 0.15) is 17.2 Å². The predicted molar refractivity (Wildman–Crippen MR) is 73.0 cm³/mol. The van der Waals surface area contributed by atoms with Crippen LogP contribution in [-0.2, 0) is 0 Å². The second kappa shape index (κ2) is 5.85. The summed E-state index contributed by atoms with van der Waals surface area (Å²) in [6, 6.07) is 5.29. The molecule has 2 aromatic carbocycles. The minimum atomic E-state index is -1.03. The van der Waals surface area contributed by atoms with Gasteiger partial charge in [0.1, 0.15) is 11.6 Å². The highest BCUT2D eigenvalue weighted by Crippen LogP contribution is 2.33. The molecule has 0 aliphatic carbocycles. The van der Waals surface area contributed by atoms with Gasteiger partial charge >= 0.3 is 0 Å². The van der Waals surface area contributed by atoms with Crippen molar-refractivity contribution in [1.29, 1.82) is 0 Å². The van der Waals surface area contributed by atoms with Gasteiger partial charge in [0.05, 0.1) is 17.6 Å². The first-order chi connectivity index (χ1) is 9.45. The summed E-state index contributed by atoms with van der Waals surface area (Å²) in [5, 5.41) is 0. The maximum atomic E-state index is 13.8. The van der Waals surface area contributed by atoms with Crippen LogP contribution in [0.2, 0.25) is 0 Å². The molecule has 0 heterocycles. The molecule has 0 saturated heterocycles. The lowest BCUT2D eigenvalue weighted by Gasteiger charge is -2.17. The van der Waals surface area contributed by atoms with Crippen molar-refractivity contribution in [3.63, 3.8) is 0 Å². The maximum Gasteiger partial charge on any atom is 0.163 e. The van der Waals surface area contributed by atoms with Gasteiger partial charge in [-0.2, -0.15) is 0 Å². The van der Waals surface area contributed by atoms with Crippen molar-refractivity contribution in [2.24, 2.45) is 5.73 Å². The summed E-state index contributed by atoms with van der Waals surface area (Å²) >= 11 is 3.03. The molecular formula is C14H11BrF3NO. The Bertz CT molecular complexity index is 649. The summed E-state index contributed by atoms with van der Waals surface area (Å²) in [4.78, 5) is 0. The molecule has 1 unspecified atom stereocenters. The topological polar surface area (TPSA) is 35.2 Å². The Labute approximate surface area is 122 Å². The maximum absolute atomic E-state index is 13.8. The molecule has 0 saturated carbocycles. The highest BCUT2D eigenvalue weighted by Gasteiger charge is 2.21. The lowest BCUT2D eigenvalue weighted by atomic mass is 9.98. The van der Waals surface area contributed by atoms with Crippen molar-refractivity contribution in [3.8, 4) is 5.75 Å². The predicted octanol–water partition coefficient (Wildman–Crippen LogP) is 3.92. The van der Waals surface area contributed by atoms with Crippen molar-refractivity contribution in [2.75, 3.05) is 7.11 Å². The lowest BCUT2D eigenvalue weighted by molar-refractivity contribution is 0.403. The Hall–Kier alpha value is -1.53. The van der Waals surface area contributed by atoms with E-state index in [1.165, 1.54) is 25.3 Å². The van der Waals surface area contributed by atoms with Crippen molar-refractivity contribution in [3.05, 3.63) is 63.4 Å². The summed E-state index contributed by atoms with van der Waals surface area (Å²) in [6.45, 7) is 0. The van der Waals surface area contributed by atoms with Gasteiger partial charge in [0.15, 0.2) is 11.6 Å². The summed E-state index contributed by atoms with van der Waals surface area (Å²) in [5.74, 6) is -2.38. The Kier molecular flexibility index (Phi) is 4.35. The van der Waals surface area contributed by atoms with E-state index in [0.717, 1.165) is 12.1 Å². The third-order valence-corrected chi connectivity index (χ3v) is 3.53. The van der Waals surface area contributed by atoms with E-state index in [0.29, 0.717) is 5.56 Å². The van der Waals surface area contributed by atoms with Gasteiger partial charge in [0.25, 0.3) is 0 Å². The van der Waals surface area contributed by atoms with Gasteiger partial charge in [0, 0.05) is 17.2 Å². The molecule has 2 nitrogen and oxygen atoms in total. The van der Waals surface area contributed by atoms with Gasteiger partial charge in [-0.25, -0.2) is 13.2 Å². The molecular weight excluding hydrogens is 335 g/mol. The van der Waals surface area contributed by atoms with E-state index in [1.807, 2.05) is 0 Å². The zero-order chi connectivity index (χ0) is 14.9. The molecule has 0 aliphatic heterocycles. The zero-order valence-electron chi connectivity index (χ0n) is 10.5. The minimum Gasteiger partial charge on any atom is -0.496 e. The van der Waals surface area contributed by atoms with E-state index < -0.39 is 23.5 Å². The average Bonchev–Trinajstić information content (AvgIpc) is 2.43. The fourth-order valence-electron chi connectivity index (χ4n) is 1.89. The van der Waals surface area contributed by atoms with Crippen LogP contribution >= 0.6 is 15.9 Å². The second-order valence-corrected chi connectivity index (χ2v) is 4.98. The lowest BCUT2D eigenvalue weighted by Crippen LogP contribution is -2.15. The summed E-state index contributed by atoms with van der Waals surface area (Å²) in [6.07, 6.45) is 0. The highest BCUT2D eigenvalue weighted by molar-refractivity contribution is 9.10. The van der Waals surface area contributed by atoms with Gasteiger partial charge in [-0.3, -0.25) is 0 Å². The molecule has 0 fully saturated rings. The molecule has 2 aromatic rings. The Morgan fingerprint density at radius 3 is 2.45 bits per heavy atom. The Balaban J connectivity index is 2.55. The number of hydrogen-bond acceptors (Lipinski definition) is 2. The average molecular weight is 346 g/mol. The highest BCUT2D eigenvalue weighted by atomic mass is 79.9. The smallest absolute Gasteiger partial charge is 0.163 e. The van der Waals surface area contributed by atoms with Gasteiger partial charge in [-0.1, -0.05) is 12.1 Å². The van der Waals surface area contributed by atoms with E-state index >= 15 is 0 Å². The number of benzene rings is 2. The molecule has 2 N–H and O–H groups in total. The SMILES string of the molecule is COc1cc(F)c(Br)cc1C(N)c1cccc(F)c1F. The fourth-order valence-corrected chi connectivity index (χ4v) is 2.25. The normalized spacial score (nSPS) is 12.3. The van der Waals surface area contributed by atoms with Crippen LogP contribution in [-0.4, -0.2) is 7.11 Å². The summed E-state index contributed by atoms with van der Waals surface area (Å²) in [5.41, 5.74) is 6.28. The van der Waals surface area contributed by atoms with Crippen molar-refractivity contribution in [2.45, 2.75) is 6.04 Å². The molecule has 1 atom stereocenters. The number of rotatable bonds is 3. The molecule has 0 radical (unpaired) electrons. The van der Waals surface area contributed by atoms with Crippen molar-refractivity contribution < 1.29 is 17.9 Å². The van der Waals surface area contributed by atoms with E-state index in [9.17, 15) is 13.2 Å². The molecule has 0 spiro atoms. The third kappa shape index (κ3) is 2.66. The number of nitrogens with two attached hydrogens (primary N) is 1. The van der Waals surface area contributed by atoms with E-state index in [1.54, 1.807) is 0 Å². The fraction of sp³-hybridized carbons (Fsp3) is 0.143. The summed E-state index contributed by atoms with van der Waals surface area (Å²) < 4.78 is 45.7. The minimum absolute atomic E-state index is 0.0261. The van der Waals surface area contributed by atoms with Crippen LogP contribution in [0, 0.1) is 17.5 Å². The van der Waals surface area contributed by atoms with Crippen molar-refractivity contribution >= 4 is 15.9 Å². The Morgan fingerprint density at radius 2 is 1.80 bits per heavy atom. The molecule has 20 heavy (non-hydrogen) atoms. The molecule has 0 aliphatic rings. The van der Waals surface area contributed by atoms with Crippen LogP contribution in [0.15, 0.2) is 34.8 Å². The largest absolute Gasteiger partial charge is 0.496 e. The number of methoxy groups -OCH3 is 1. The van der Waals surface area contributed by atoms with Crippen LogP contribution in [0.4, 0.5) is 13.2 Å². The third-order valence-electron chi connectivity index (χ3n) is 2.92. The van der Waals surface area contributed by atoms with Gasteiger partial charge in [-0.15, -0.1) is 0 Å². The van der Waals surface area contributed by atoms with E-state index in [-0.39, 0.29) is 15.8 Å². The molecule has 0 aromatic heterocycles. The first kappa shape index (κ1) is 14.9. The quantitative estimate of drug-likeness (QED) is 0.914. The first-order valence-corrected chi connectivity index (χ1v) is 6.47. The van der Waals surface area contributed by atoms with Crippen LogP contribution in [0.25, 0.3) is 0 Å². The molecule has 106 valence electrons. The van der Waals surface area contributed by atoms with Gasteiger partial charge in [-0.05, 0) is 28.1 Å². The van der Waals surface area contributed by atoms with E-state index in [4.69, 9.17) is 10.5 Å². The molecule has 0 amide bonds. The standard InChI is InChI=1S/C14H11BrF3NO/c1-20-12-6-11(17)9(15)5-8(12)14(19)7-3-2-4-10(16)13(7)18/h2-6,14H,19H2,1H3. The van der Waals surface area contributed by atoms with E-state index in [2.05, 4.69) is 15.9 Å². The van der Waals surface area contributed by atoms with Crippen LogP contribution in [0.3, 0.4) is 0 Å². The van der Waals surface area contributed by atoms with Gasteiger partial charge < -0.3 is 10.5 Å². The molecule has 0 bridgehead atoms. The first-order valence-electron chi connectivity index (χ1n) is 5.68. The molecule has 6 heteroatoms. The Morgan fingerprint density at radius 1 is 1.10 bits per heavy atom. The number of halogens is 4. The van der Waals surface area contributed by atoms with Crippen LogP contribution in [0.5, 0.6) is 5.75 Å². The van der Waals surface area contributed by atoms with Crippen molar-refractivity contribution in [1.82, 2.24) is 0 Å². The number of ether oxygens (including phenoxy) is 1. The second-order valence-electron chi connectivity index (χ2n) is 4.13. The van der Waals surface area contributed by atoms with Crippen LogP contribution < -0.4 is 10.5 Å². The monoisotopic (exact) mass is 345 g/mol. The van der Waals surface area contributed by atoms with Gasteiger partial charge in [0.2, 0.25) is 0 Å². The number of hydrogen-bond donors (Lipinski definition) is 1. The molecule has 2 rings (SSSR count). The summed E-state index contributed by atoms with van der Waals surface area (Å²) in [7, 11) is 1.35. The zero-order valence-corrected chi connectivity index (χ0v) is 12.0.